The number of nitrogens with one attached hydrogen (secondary N) is 1. The Labute approximate surface area is 177 Å². The van der Waals surface area contributed by atoms with Gasteiger partial charge < -0.3 is 10.1 Å². The molecule has 0 fully saturated rings. The topological polar surface area (TPSA) is 119 Å². The molecule has 0 spiro atoms. The highest BCUT2D eigenvalue weighted by Crippen LogP contribution is 2.32. The van der Waals surface area contributed by atoms with Gasteiger partial charge in [-0.05, 0) is 31.2 Å². The Balaban J connectivity index is 2.39. The number of amides is 1. The van der Waals surface area contributed by atoms with E-state index in [1.807, 2.05) is 0 Å². The van der Waals surface area contributed by atoms with Crippen LogP contribution in [0.5, 0.6) is 5.75 Å². The summed E-state index contributed by atoms with van der Waals surface area (Å²) >= 11 is 12.1. The van der Waals surface area contributed by atoms with E-state index in [-0.39, 0.29) is 27.1 Å². The second-order valence-electron chi connectivity index (χ2n) is 5.96. The number of nitro benzene ring substituents is 1. The van der Waals surface area contributed by atoms with Crippen molar-refractivity contribution in [3.05, 3.63) is 56.6 Å². The van der Waals surface area contributed by atoms with Crippen LogP contribution in [0.1, 0.15) is 6.92 Å². The van der Waals surface area contributed by atoms with Gasteiger partial charge in [-0.15, -0.1) is 0 Å². The van der Waals surface area contributed by atoms with E-state index in [9.17, 15) is 23.3 Å². The molecule has 156 valence electrons. The summed E-state index contributed by atoms with van der Waals surface area (Å²) in [6.07, 6.45) is 0.940. The number of methoxy groups -OCH3 is 1. The van der Waals surface area contributed by atoms with Crippen LogP contribution in [0.3, 0.4) is 0 Å². The Morgan fingerprint density at radius 2 is 1.86 bits per heavy atom. The van der Waals surface area contributed by atoms with E-state index >= 15 is 0 Å². The lowest BCUT2D eigenvalue weighted by molar-refractivity contribution is -0.384. The first-order chi connectivity index (χ1) is 13.5. The second-order valence-corrected chi connectivity index (χ2v) is 8.64. The molecule has 2 rings (SSSR count). The molecule has 0 aliphatic heterocycles. The Hall–Kier alpha value is -2.56. The van der Waals surface area contributed by atoms with Gasteiger partial charge in [0.1, 0.15) is 11.8 Å². The van der Waals surface area contributed by atoms with Gasteiger partial charge >= 0.3 is 0 Å². The highest BCUT2D eigenvalue weighted by Gasteiger charge is 2.30. The number of nitro groups is 1. The number of ether oxygens (including phenoxy) is 1. The molecule has 0 aromatic heterocycles. The monoisotopic (exact) mass is 461 g/mol. The van der Waals surface area contributed by atoms with Gasteiger partial charge in [-0.25, -0.2) is 8.42 Å². The van der Waals surface area contributed by atoms with Crippen molar-refractivity contribution in [3.63, 3.8) is 0 Å². The summed E-state index contributed by atoms with van der Waals surface area (Å²) in [7, 11) is -2.48. The summed E-state index contributed by atoms with van der Waals surface area (Å²) in [4.78, 5) is 23.0. The van der Waals surface area contributed by atoms with Crippen molar-refractivity contribution in [2.45, 2.75) is 13.0 Å². The first kappa shape index (κ1) is 22.7. The number of hydrogen-bond donors (Lipinski definition) is 1. The largest absolute Gasteiger partial charge is 0.495 e. The zero-order valence-corrected chi connectivity index (χ0v) is 17.9. The van der Waals surface area contributed by atoms with Crippen LogP contribution in [-0.2, 0) is 14.8 Å². The SMILES string of the molecule is COc1ccc(N(C(C)C(=O)Nc2cc([N+](=O)[O-])ccc2Cl)S(C)(=O)=O)cc1Cl. The molecule has 0 saturated heterocycles. The number of anilines is 2. The summed E-state index contributed by atoms with van der Waals surface area (Å²) in [5.41, 5.74) is -0.149. The lowest BCUT2D eigenvalue weighted by atomic mass is 10.2. The van der Waals surface area contributed by atoms with E-state index in [0.717, 1.165) is 16.6 Å². The minimum absolute atomic E-state index is 0.0149. The predicted molar refractivity (Wildman–Crippen MR) is 112 cm³/mol. The quantitative estimate of drug-likeness (QED) is 0.495. The highest BCUT2D eigenvalue weighted by molar-refractivity contribution is 7.92. The normalized spacial score (nSPS) is 12.2. The molecular weight excluding hydrogens is 445 g/mol. The van der Waals surface area contributed by atoms with Crippen LogP contribution in [0.25, 0.3) is 0 Å². The fourth-order valence-electron chi connectivity index (χ4n) is 2.56. The van der Waals surface area contributed by atoms with Gasteiger partial charge in [-0.3, -0.25) is 19.2 Å². The van der Waals surface area contributed by atoms with Crippen molar-refractivity contribution in [3.8, 4) is 5.75 Å². The Kier molecular flexibility index (Phi) is 6.93. The molecule has 1 N–H and O–H groups in total. The van der Waals surface area contributed by atoms with Crippen LogP contribution in [0, 0.1) is 10.1 Å². The molecule has 0 heterocycles. The maximum atomic E-state index is 12.7. The molecule has 12 heteroatoms. The van der Waals surface area contributed by atoms with Crippen LogP contribution >= 0.6 is 23.2 Å². The van der Waals surface area contributed by atoms with Crippen molar-refractivity contribution in [1.82, 2.24) is 0 Å². The van der Waals surface area contributed by atoms with Crippen molar-refractivity contribution in [1.29, 1.82) is 0 Å². The van der Waals surface area contributed by atoms with Gasteiger partial charge in [0.25, 0.3) is 5.69 Å². The molecule has 0 bridgehead atoms. The summed E-state index contributed by atoms with van der Waals surface area (Å²) in [6.45, 7) is 1.36. The molecule has 9 nitrogen and oxygen atoms in total. The minimum atomic E-state index is -3.89. The molecule has 1 unspecified atom stereocenters. The fourth-order valence-corrected chi connectivity index (χ4v) is 4.14. The smallest absolute Gasteiger partial charge is 0.271 e. The van der Waals surface area contributed by atoms with E-state index < -0.39 is 26.9 Å². The zero-order chi connectivity index (χ0) is 21.9. The number of non-ortho nitro benzene ring substituents is 1. The molecule has 1 atom stereocenters. The van der Waals surface area contributed by atoms with Crippen LogP contribution in [0.2, 0.25) is 10.0 Å². The number of carbonyl (C=O) groups is 1. The zero-order valence-electron chi connectivity index (χ0n) is 15.5. The number of benzene rings is 2. The van der Waals surface area contributed by atoms with Crippen LogP contribution in [0.4, 0.5) is 17.1 Å². The molecule has 2 aromatic carbocycles. The van der Waals surface area contributed by atoms with Crippen molar-refractivity contribution in [2.75, 3.05) is 23.0 Å². The van der Waals surface area contributed by atoms with Crippen molar-refractivity contribution < 1.29 is 22.9 Å². The minimum Gasteiger partial charge on any atom is -0.495 e. The van der Waals surface area contributed by atoms with Crippen molar-refractivity contribution in [2.24, 2.45) is 0 Å². The average molecular weight is 462 g/mol. The number of rotatable bonds is 7. The van der Waals surface area contributed by atoms with E-state index in [1.54, 1.807) is 0 Å². The molecule has 0 aliphatic carbocycles. The molecule has 2 aromatic rings. The van der Waals surface area contributed by atoms with Gasteiger partial charge in [-0.1, -0.05) is 23.2 Å². The molecule has 29 heavy (non-hydrogen) atoms. The van der Waals surface area contributed by atoms with Crippen LogP contribution in [0.15, 0.2) is 36.4 Å². The highest BCUT2D eigenvalue weighted by atomic mass is 35.5. The molecular formula is C17H17Cl2N3O6S. The number of sulfonamides is 1. The third kappa shape index (κ3) is 5.28. The Morgan fingerprint density at radius 3 is 2.38 bits per heavy atom. The Morgan fingerprint density at radius 1 is 1.21 bits per heavy atom. The van der Waals surface area contributed by atoms with Crippen molar-refractivity contribution >= 4 is 56.2 Å². The predicted octanol–water partition coefficient (Wildman–Crippen LogP) is 3.70. The van der Waals surface area contributed by atoms with E-state index in [2.05, 4.69) is 5.32 Å². The molecule has 0 radical (unpaired) electrons. The van der Waals surface area contributed by atoms with E-state index in [4.69, 9.17) is 27.9 Å². The van der Waals surface area contributed by atoms with Crippen LogP contribution < -0.4 is 14.4 Å². The maximum absolute atomic E-state index is 12.7. The second kappa shape index (κ2) is 8.85. The van der Waals surface area contributed by atoms with Gasteiger partial charge in [0, 0.05) is 12.1 Å². The third-order valence-electron chi connectivity index (χ3n) is 3.90. The number of halogens is 2. The molecule has 0 saturated carbocycles. The molecule has 0 aliphatic rings. The first-order valence-electron chi connectivity index (χ1n) is 8.03. The van der Waals surface area contributed by atoms with Gasteiger partial charge in [0.15, 0.2) is 0 Å². The van der Waals surface area contributed by atoms with Gasteiger partial charge in [0.2, 0.25) is 15.9 Å². The first-order valence-corrected chi connectivity index (χ1v) is 10.6. The van der Waals surface area contributed by atoms with Crippen LogP contribution in [-0.4, -0.2) is 38.7 Å². The summed E-state index contributed by atoms with van der Waals surface area (Å²) in [5, 5.41) is 13.6. The fraction of sp³-hybridized carbons (Fsp3) is 0.235. The standard InChI is InChI=1S/C17H17Cl2N3O6S/c1-10(17(23)20-15-9-12(22(24)25)4-6-13(15)18)21(29(3,26)27)11-5-7-16(28-2)14(19)8-11/h4-10H,1-3H3,(H,20,23). The average Bonchev–Trinajstić information content (AvgIpc) is 2.62. The number of hydrogen-bond acceptors (Lipinski definition) is 6. The summed E-state index contributed by atoms with van der Waals surface area (Å²) in [5.74, 6) is -0.408. The summed E-state index contributed by atoms with van der Waals surface area (Å²) in [6, 6.07) is 6.58. The maximum Gasteiger partial charge on any atom is 0.271 e. The number of nitrogens with zero attached hydrogens (tertiary/aromatic N) is 2. The lowest BCUT2D eigenvalue weighted by Gasteiger charge is -2.28. The van der Waals surface area contributed by atoms with E-state index in [1.165, 1.54) is 44.4 Å². The summed E-state index contributed by atoms with van der Waals surface area (Å²) < 4.78 is 30.6. The number of carbonyl (C=O) groups excluding carboxylic acids is 1. The van der Waals surface area contributed by atoms with Gasteiger partial charge in [0.05, 0.1) is 39.7 Å². The Bertz CT molecular complexity index is 1060. The lowest BCUT2D eigenvalue weighted by Crippen LogP contribution is -2.45. The third-order valence-corrected chi connectivity index (χ3v) is 5.76. The van der Waals surface area contributed by atoms with E-state index in [0.29, 0.717) is 5.75 Å². The van der Waals surface area contributed by atoms with Gasteiger partial charge in [-0.2, -0.15) is 0 Å². The molecule has 1 amide bonds.